The lowest BCUT2D eigenvalue weighted by Crippen LogP contribution is -1.98. The first kappa shape index (κ1) is 33.4. The van der Waals surface area contributed by atoms with Crippen LogP contribution in [0.1, 0.15) is 55.6 Å². The molecule has 0 aliphatic heterocycles. The molecule has 0 amide bonds. The third-order valence-electron chi connectivity index (χ3n) is 9.77. The highest BCUT2D eigenvalue weighted by atomic mass is 14.2. The molecule has 0 N–H and O–H groups in total. The quantitative estimate of drug-likeness (QED) is 0.127. The molecule has 0 unspecified atom stereocenters. The van der Waals surface area contributed by atoms with E-state index in [-0.39, 0.29) is 0 Å². The third-order valence-corrected chi connectivity index (χ3v) is 9.77. The largest absolute Gasteiger partial charge is 0.0622 e. The van der Waals surface area contributed by atoms with Crippen LogP contribution in [0.3, 0.4) is 0 Å². The molecule has 0 radical (unpaired) electrons. The van der Waals surface area contributed by atoms with Crippen LogP contribution in [-0.2, 0) is 6.42 Å². The van der Waals surface area contributed by atoms with Crippen LogP contribution in [0.15, 0.2) is 231 Å². The lowest BCUT2D eigenvalue weighted by atomic mass is 9.85. The maximum atomic E-state index is 2.29. The summed E-state index contributed by atoms with van der Waals surface area (Å²) in [5, 5.41) is 0. The topological polar surface area (TPSA) is 0 Å². The van der Waals surface area contributed by atoms with Crippen molar-refractivity contribution in [3.8, 4) is 0 Å². The zero-order valence-electron chi connectivity index (χ0n) is 29.6. The van der Waals surface area contributed by atoms with Crippen LogP contribution in [0.25, 0.3) is 22.3 Å². The predicted octanol–water partition coefficient (Wildman–Crippen LogP) is 13.3. The van der Waals surface area contributed by atoms with E-state index >= 15 is 0 Å². The SMILES string of the molecule is c1ccc(C(=C(c2ccccc2)c2ccc(Cc3ccc(C(=C(c4ccccc4)c4ccccc4)c4ccccc4)cc3)cc2)c2ccccc2)cc1. The van der Waals surface area contributed by atoms with Crippen molar-refractivity contribution in [1.82, 2.24) is 0 Å². The Labute approximate surface area is 313 Å². The number of hydrogen-bond acceptors (Lipinski definition) is 0. The van der Waals surface area contributed by atoms with Crippen LogP contribution < -0.4 is 0 Å². The standard InChI is InChI=1S/C53H40/c1-7-19-42(20-8-1)50(43-21-9-2-10-22-43)52(46-27-15-5-16-28-46)48-35-31-40(32-36-48)39-41-33-37-49(38-34-41)53(47-29-17-6-18-30-47)51(44-23-11-3-12-24-44)45-25-13-4-14-26-45/h1-38H,39H2. The molecule has 53 heavy (non-hydrogen) atoms. The van der Waals surface area contributed by atoms with Crippen LogP contribution in [0, 0.1) is 0 Å². The molecule has 0 saturated heterocycles. The van der Waals surface area contributed by atoms with Crippen molar-refractivity contribution in [2.24, 2.45) is 0 Å². The Balaban J connectivity index is 1.16. The maximum absolute atomic E-state index is 2.29. The summed E-state index contributed by atoms with van der Waals surface area (Å²) in [6.07, 6.45) is 0.851. The second-order valence-corrected chi connectivity index (χ2v) is 13.3. The molecule has 0 aromatic heterocycles. The average molecular weight is 677 g/mol. The molecule has 0 nitrogen and oxygen atoms in total. The minimum absolute atomic E-state index is 0.851. The molecule has 0 heterocycles. The van der Waals surface area contributed by atoms with Gasteiger partial charge in [-0.05, 0) is 84.3 Å². The fourth-order valence-electron chi connectivity index (χ4n) is 7.26. The number of rotatable bonds is 10. The van der Waals surface area contributed by atoms with E-state index in [9.17, 15) is 0 Å². The summed E-state index contributed by atoms with van der Waals surface area (Å²) in [7, 11) is 0. The van der Waals surface area contributed by atoms with E-state index in [2.05, 4.69) is 231 Å². The Hall–Kier alpha value is -6.76. The molecule has 252 valence electrons. The molecule has 0 saturated carbocycles. The van der Waals surface area contributed by atoms with E-state index in [0.717, 1.165) is 6.42 Å². The van der Waals surface area contributed by atoms with Crippen LogP contribution >= 0.6 is 0 Å². The summed E-state index contributed by atoms with van der Waals surface area (Å²) < 4.78 is 0. The van der Waals surface area contributed by atoms with Crippen molar-refractivity contribution in [3.63, 3.8) is 0 Å². The summed E-state index contributed by atoms with van der Waals surface area (Å²) in [5.74, 6) is 0. The van der Waals surface area contributed by atoms with Gasteiger partial charge >= 0.3 is 0 Å². The minimum atomic E-state index is 0.851. The molecule has 0 bridgehead atoms. The fourth-order valence-corrected chi connectivity index (χ4v) is 7.26. The summed E-state index contributed by atoms with van der Waals surface area (Å²) in [4.78, 5) is 0. The van der Waals surface area contributed by atoms with E-state index in [1.54, 1.807) is 0 Å². The van der Waals surface area contributed by atoms with Crippen molar-refractivity contribution < 1.29 is 0 Å². The van der Waals surface area contributed by atoms with Crippen molar-refractivity contribution in [3.05, 3.63) is 286 Å². The van der Waals surface area contributed by atoms with E-state index in [1.165, 1.54) is 77.9 Å². The lowest BCUT2D eigenvalue weighted by molar-refractivity contribution is 1.19. The first-order valence-corrected chi connectivity index (χ1v) is 18.3. The molecule has 0 heteroatoms. The molecule has 8 rings (SSSR count). The van der Waals surface area contributed by atoms with Crippen molar-refractivity contribution in [2.75, 3.05) is 0 Å². The first-order valence-electron chi connectivity index (χ1n) is 18.3. The number of benzene rings is 8. The molecule has 0 aliphatic rings. The Morgan fingerprint density at radius 3 is 0.547 bits per heavy atom. The summed E-state index contributed by atoms with van der Waals surface area (Å²) in [6.45, 7) is 0. The monoisotopic (exact) mass is 676 g/mol. The first-order chi connectivity index (χ1) is 26.3. The van der Waals surface area contributed by atoms with Gasteiger partial charge in [0, 0.05) is 0 Å². The van der Waals surface area contributed by atoms with Gasteiger partial charge in [-0.2, -0.15) is 0 Å². The lowest BCUT2D eigenvalue weighted by Gasteiger charge is -2.19. The molecular weight excluding hydrogens is 637 g/mol. The highest BCUT2D eigenvalue weighted by molar-refractivity contribution is 6.05. The second-order valence-electron chi connectivity index (χ2n) is 13.3. The van der Waals surface area contributed by atoms with Gasteiger partial charge in [0.25, 0.3) is 0 Å². The van der Waals surface area contributed by atoms with Gasteiger partial charge < -0.3 is 0 Å². The van der Waals surface area contributed by atoms with Crippen LogP contribution in [0.2, 0.25) is 0 Å². The van der Waals surface area contributed by atoms with Gasteiger partial charge in [0.05, 0.1) is 0 Å². The van der Waals surface area contributed by atoms with E-state index in [4.69, 9.17) is 0 Å². The van der Waals surface area contributed by atoms with E-state index in [1.807, 2.05) is 0 Å². The summed E-state index contributed by atoms with van der Waals surface area (Å²) in [5.41, 5.74) is 17.1. The Bertz CT molecular complexity index is 2160. The zero-order chi connectivity index (χ0) is 35.7. The van der Waals surface area contributed by atoms with Crippen molar-refractivity contribution >= 4 is 22.3 Å². The Kier molecular flexibility index (Phi) is 10.1. The minimum Gasteiger partial charge on any atom is -0.0622 e. The smallest absolute Gasteiger partial charge is 0.00258 e. The van der Waals surface area contributed by atoms with Gasteiger partial charge in [-0.1, -0.05) is 231 Å². The summed E-state index contributed by atoms with van der Waals surface area (Å²) >= 11 is 0. The van der Waals surface area contributed by atoms with E-state index < -0.39 is 0 Å². The highest BCUT2D eigenvalue weighted by Gasteiger charge is 2.18. The zero-order valence-corrected chi connectivity index (χ0v) is 29.6. The molecule has 0 spiro atoms. The van der Waals surface area contributed by atoms with Gasteiger partial charge in [-0.3, -0.25) is 0 Å². The fraction of sp³-hybridized carbons (Fsp3) is 0.0189. The predicted molar refractivity (Wildman–Crippen MR) is 224 cm³/mol. The third kappa shape index (κ3) is 7.64. The Morgan fingerprint density at radius 1 is 0.189 bits per heavy atom. The van der Waals surface area contributed by atoms with Crippen molar-refractivity contribution in [1.29, 1.82) is 0 Å². The van der Waals surface area contributed by atoms with Crippen LogP contribution in [0.5, 0.6) is 0 Å². The molecule has 0 atom stereocenters. The second kappa shape index (κ2) is 16.1. The van der Waals surface area contributed by atoms with E-state index in [0.29, 0.717) is 0 Å². The molecule has 8 aromatic rings. The van der Waals surface area contributed by atoms with Crippen LogP contribution in [0.4, 0.5) is 0 Å². The molecule has 8 aromatic carbocycles. The highest BCUT2D eigenvalue weighted by Crippen LogP contribution is 2.38. The maximum Gasteiger partial charge on any atom is -0.00258 e. The Morgan fingerprint density at radius 2 is 0.358 bits per heavy atom. The molecule has 0 aliphatic carbocycles. The van der Waals surface area contributed by atoms with Gasteiger partial charge in [-0.25, -0.2) is 0 Å². The molecule has 0 fully saturated rings. The normalized spacial score (nSPS) is 10.7. The molecular formula is C53H40. The van der Waals surface area contributed by atoms with Crippen molar-refractivity contribution in [2.45, 2.75) is 6.42 Å². The van der Waals surface area contributed by atoms with Crippen LogP contribution in [-0.4, -0.2) is 0 Å². The van der Waals surface area contributed by atoms with Gasteiger partial charge in [0.1, 0.15) is 0 Å². The van der Waals surface area contributed by atoms with Gasteiger partial charge in [0.2, 0.25) is 0 Å². The summed E-state index contributed by atoms with van der Waals surface area (Å²) in [6, 6.07) is 82.9. The number of hydrogen-bond donors (Lipinski definition) is 0. The van der Waals surface area contributed by atoms with Gasteiger partial charge in [-0.15, -0.1) is 0 Å². The average Bonchev–Trinajstić information content (AvgIpc) is 3.24. The van der Waals surface area contributed by atoms with Gasteiger partial charge in [0.15, 0.2) is 0 Å².